The van der Waals surface area contributed by atoms with E-state index in [2.05, 4.69) is 29.8 Å². The van der Waals surface area contributed by atoms with E-state index < -0.39 is 80.4 Å². The summed E-state index contributed by atoms with van der Waals surface area (Å²) in [7, 11) is -15.1. The van der Waals surface area contributed by atoms with E-state index in [-0.39, 0.29) is 27.3 Å². The zero-order valence-corrected chi connectivity index (χ0v) is 26.7. The maximum Gasteiger partial charge on any atom is 0.358 e. The summed E-state index contributed by atoms with van der Waals surface area (Å²) in [4.78, 5) is 37.5. The second-order valence-electron chi connectivity index (χ2n) is 9.06. The topological polar surface area (TPSA) is 298 Å². The van der Waals surface area contributed by atoms with E-state index >= 15 is 0 Å². The van der Waals surface area contributed by atoms with Crippen molar-refractivity contribution in [3.63, 3.8) is 0 Å². The predicted octanol–water partition coefficient (Wildman–Crippen LogP) is 5.32. The highest BCUT2D eigenvalue weighted by Gasteiger charge is 2.28. The smallest absolute Gasteiger partial charge is 0.358 e. The van der Waals surface area contributed by atoms with E-state index in [1.807, 2.05) is 0 Å². The van der Waals surface area contributed by atoms with Gasteiger partial charge in [-0.05, 0) is 54.8 Å². The SMILES string of the molecule is Cc1ccc(N=Nc2c(S(=O)(=O)O)cc3cc(SOOO)c(N=Nc4ccc(Cl)cc4P(=O)(O)O)c(O)c3c2O)c(P(=O)(O)O)c1. The molecule has 0 fully saturated rings. The Labute approximate surface area is 266 Å². The minimum atomic E-state index is -5.20. The first kappa shape index (κ1) is 35.5. The van der Waals surface area contributed by atoms with Crippen LogP contribution in [0.3, 0.4) is 0 Å². The molecule has 4 rings (SSSR count). The number of benzene rings is 4. The van der Waals surface area contributed by atoms with Crippen molar-refractivity contribution in [2.24, 2.45) is 20.5 Å². The number of aryl methyl sites for hydroxylation is 1. The molecule has 0 saturated carbocycles. The fraction of sp³-hybridized carbons (Fsp3) is 0.0435. The van der Waals surface area contributed by atoms with Gasteiger partial charge in [0, 0.05) is 5.02 Å². The molecule has 4 aromatic rings. The van der Waals surface area contributed by atoms with Gasteiger partial charge >= 0.3 is 15.2 Å². The number of nitrogens with zero attached hydrogens (tertiary/aromatic N) is 4. The summed E-state index contributed by atoms with van der Waals surface area (Å²) >= 11 is 6.03. The number of fused-ring (bicyclic) bond motifs is 1. The van der Waals surface area contributed by atoms with Crippen molar-refractivity contribution in [1.82, 2.24) is 0 Å². The molecule has 0 unspecified atom stereocenters. The lowest BCUT2D eigenvalue weighted by Crippen LogP contribution is -2.05. The van der Waals surface area contributed by atoms with Gasteiger partial charge in [-0.2, -0.15) is 8.42 Å². The third-order valence-electron chi connectivity index (χ3n) is 5.89. The van der Waals surface area contributed by atoms with Crippen molar-refractivity contribution >= 4 is 93.1 Å². The van der Waals surface area contributed by atoms with Crippen LogP contribution in [0.1, 0.15) is 5.56 Å². The lowest BCUT2D eigenvalue weighted by molar-refractivity contribution is -0.432. The maximum absolute atomic E-state index is 12.3. The van der Waals surface area contributed by atoms with E-state index in [4.69, 9.17) is 16.9 Å². The van der Waals surface area contributed by atoms with Crippen molar-refractivity contribution in [3.05, 3.63) is 59.1 Å². The van der Waals surface area contributed by atoms with Crippen molar-refractivity contribution in [2.75, 3.05) is 0 Å². The van der Waals surface area contributed by atoms with Crippen LogP contribution >= 0.6 is 38.8 Å². The predicted molar refractivity (Wildman–Crippen MR) is 162 cm³/mol. The molecule has 4 aromatic carbocycles. The standard InChI is InChI=1S/C23H19ClN4O14P2S2/c1-10-2-4-13(15(6-10)43(32,33)34)26-28-21-18(46(38,39)40)8-11-7-17(45-42-41-31)20(22(29)19(11)23(21)30)27-25-14-5-3-12(24)9-16(14)44(35,36)37/h2-9,29-31H,1H3,(H2,32,33,34)(H2,35,36,37)(H,38,39,40). The average Bonchev–Trinajstić information content (AvgIpc) is 2.94. The second-order valence-corrected chi connectivity index (χ2v) is 14.8. The van der Waals surface area contributed by atoms with E-state index in [9.17, 15) is 51.9 Å². The molecular formula is C23H19ClN4O14P2S2. The number of hydrogen-bond donors (Lipinski definition) is 8. The normalized spacial score (nSPS) is 13.0. The molecule has 8 N–H and O–H groups in total. The Hall–Kier alpha value is -3.33. The maximum atomic E-state index is 12.3. The minimum Gasteiger partial charge on any atom is -0.505 e. The lowest BCUT2D eigenvalue weighted by Gasteiger charge is -2.14. The molecule has 0 aliphatic rings. The fourth-order valence-electron chi connectivity index (χ4n) is 3.94. The lowest BCUT2D eigenvalue weighted by atomic mass is 10.1. The molecule has 0 amide bonds. The van der Waals surface area contributed by atoms with Crippen molar-refractivity contribution in [3.8, 4) is 11.5 Å². The third kappa shape index (κ3) is 7.79. The van der Waals surface area contributed by atoms with Gasteiger partial charge in [0.15, 0.2) is 11.5 Å². The van der Waals surface area contributed by atoms with Crippen LogP contribution in [-0.2, 0) is 28.6 Å². The van der Waals surface area contributed by atoms with E-state index in [0.29, 0.717) is 5.56 Å². The Balaban J connectivity index is 2.01. The highest BCUT2D eigenvalue weighted by molar-refractivity contribution is 7.94. The van der Waals surface area contributed by atoms with Gasteiger partial charge in [-0.3, -0.25) is 13.7 Å². The number of phenols is 2. The minimum absolute atomic E-state index is 0.0459. The Morgan fingerprint density at radius 1 is 0.804 bits per heavy atom. The molecule has 244 valence electrons. The monoisotopic (exact) mass is 736 g/mol. The van der Waals surface area contributed by atoms with E-state index in [1.54, 1.807) is 0 Å². The Morgan fingerprint density at radius 3 is 1.91 bits per heavy atom. The molecule has 0 bridgehead atoms. The first-order valence-corrected chi connectivity index (χ1v) is 17.6. The van der Waals surface area contributed by atoms with Crippen LogP contribution in [0.2, 0.25) is 5.02 Å². The number of phenolic OH excluding ortho intramolecular Hbond substituents is 2. The summed E-state index contributed by atoms with van der Waals surface area (Å²) in [5.74, 6) is -2.08. The summed E-state index contributed by atoms with van der Waals surface area (Å²) in [6.07, 6.45) is 0. The van der Waals surface area contributed by atoms with Gasteiger partial charge in [-0.1, -0.05) is 28.3 Å². The fourth-order valence-corrected chi connectivity index (χ4v) is 6.86. The van der Waals surface area contributed by atoms with Crippen LogP contribution in [-0.4, -0.2) is 48.0 Å². The summed E-state index contributed by atoms with van der Waals surface area (Å²) < 4.78 is 62.9. The Bertz CT molecular complexity index is 2140. The molecular weight excluding hydrogens is 718 g/mol. The molecule has 23 heteroatoms. The first-order valence-electron chi connectivity index (χ1n) is 11.9. The molecule has 0 heterocycles. The van der Waals surface area contributed by atoms with Crippen molar-refractivity contribution in [2.45, 2.75) is 16.7 Å². The molecule has 0 aliphatic heterocycles. The van der Waals surface area contributed by atoms with Gasteiger partial charge in [-0.15, -0.1) is 24.8 Å². The van der Waals surface area contributed by atoms with Gasteiger partial charge in [0.25, 0.3) is 10.1 Å². The molecule has 46 heavy (non-hydrogen) atoms. The molecule has 0 atom stereocenters. The molecule has 0 aromatic heterocycles. The van der Waals surface area contributed by atoms with Gasteiger partial charge in [-0.25, -0.2) is 5.26 Å². The summed E-state index contributed by atoms with van der Waals surface area (Å²) in [6.45, 7) is 1.54. The van der Waals surface area contributed by atoms with E-state index in [0.717, 1.165) is 36.4 Å². The average molecular weight is 737 g/mol. The summed E-state index contributed by atoms with van der Waals surface area (Å²) in [5, 5.41) is 47.2. The highest BCUT2D eigenvalue weighted by atomic mass is 35.5. The number of azo groups is 2. The molecule has 18 nitrogen and oxygen atoms in total. The first-order chi connectivity index (χ1) is 21.3. The molecule has 0 radical (unpaired) electrons. The van der Waals surface area contributed by atoms with Crippen LogP contribution in [0.4, 0.5) is 22.7 Å². The molecule has 0 aliphatic carbocycles. The highest BCUT2D eigenvalue weighted by Crippen LogP contribution is 2.51. The number of halogens is 1. The largest absolute Gasteiger partial charge is 0.505 e. The van der Waals surface area contributed by atoms with Crippen molar-refractivity contribution in [1.29, 1.82) is 0 Å². The Kier molecular flexibility index (Phi) is 10.4. The molecule has 0 saturated heterocycles. The van der Waals surface area contributed by atoms with E-state index in [1.165, 1.54) is 19.1 Å². The number of aromatic hydroxyl groups is 2. The van der Waals surface area contributed by atoms with Crippen LogP contribution in [0, 0.1) is 6.92 Å². The number of hydrogen-bond acceptors (Lipinski definition) is 14. The van der Waals surface area contributed by atoms with Crippen molar-refractivity contribution < 1.29 is 66.5 Å². The summed E-state index contributed by atoms with van der Waals surface area (Å²) in [6, 6.07) is 8.72. The van der Waals surface area contributed by atoms with Crippen LogP contribution in [0.25, 0.3) is 10.8 Å². The second kappa shape index (κ2) is 13.4. The third-order valence-corrected chi connectivity index (χ3v) is 9.59. The summed E-state index contributed by atoms with van der Waals surface area (Å²) in [5.41, 5.74) is -1.93. The van der Waals surface area contributed by atoms with Crippen LogP contribution in [0.15, 0.2) is 78.8 Å². The van der Waals surface area contributed by atoms with Gasteiger partial charge in [0.1, 0.15) is 27.6 Å². The zero-order valence-electron chi connectivity index (χ0n) is 22.5. The van der Waals surface area contributed by atoms with Gasteiger partial charge in [0.05, 0.1) is 32.9 Å². The Morgan fingerprint density at radius 2 is 1.35 bits per heavy atom. The molecule has 0 spiro atoms. The zero-order chi connectivity index (χ0) is 34.2. The van der Waals surface area contributed by atoms with Gasteiger partial charge < -0.3 is 29.8 Å². The quantitative estimate of drug-likeness (QED) is 0.0255. The van der Waals surface area contributed by atoms with Crippen LogP contribution in [0.5, 0.6) is 11.5 Å². The van der Waals surface area contributed by atoms with Crippen LogP contribution < -0.4 is 10.6 Å². The number of rotatable bonds is 10. The van der Waals surface area contributed by atoms with Gasteiger partial charge in [0.2, 0.25) is 0 Å².